The molecule has 0 aliphatic carbocycles. The van der Waals surface area contributed by atoms with Crippen LogP contribution in [0.3, 0.4) is 0 Å². The van der Waals surface area contributed by atoms with Gasteiger partial charge in [0.15, 0.2) is 0 Å². The van der Waals surface area contributed by atoms with E-state index >= 15 is 0 Å². The van der Waals surface area contributed by atoms with Crippen molar-refractivity contribution in [1.82, 2.24) is 19.9 Å². The van der Waals surface area contributed by atoms with Gasteiger partial charge in [0.05, 0.1) is 30.1 Å². The molecule has 1 fully saturated rings. The van der Waals surface area contributed by atoms with Gasteiger partial charge >= 0.3 is 6.09 Å². The van der Waals surface area contributed by atoms with Crippen LogP contribution in [0.15, 0.2) is 36.8 Å². The number of alkyl carbamates (subject to hydrolysis) is 1. The highest BCUT2D eigenvalue weighted by atomic mass is 16.6. The van der Waals surface area contributed by atoms with E-state index in [2.05, 4.69) is 21.4 Å². The van der Waals surface area contributed by atoms with Crippen LogP contribution in [0.25, 0.3) is 16.6 Å². The lowest BCUT2D eigenvalue weighted by Gasteiger charge is -2.21. The number of carbonyl (C=O) groups is 1. The third kappa shape index (κ3) is 5.22. The molecule has 9 heteroatoms. The zero-order valence-corrected chi connectivity index (χ0v) is 20.0. The standard InChI is InChI=1S/C25H30N6O3/c1-5-33-20-10-21(23-19(11-26)14-29-31(23)16-20)18-6-7-22(27-13-18)30-9-8-17(15-30)12-28-24(32)34-25(2,3)4/h6-7,10,13-14,16-17H,5,8-9,12,15H2,1-4H3,(H,28,32)/t17-/m0/s1. The number of nitriles is 1. The number of amides is 1. The lowest BCUT2D eigenvalue weighted by molar-refractivity contribution is 0.0520. The van der Waals surface area contributed by atoms with Crippen LogP contribution in [0.1, 0.15) is 39.7 Å². The van der Waals surface area contributed by atoms with Crippen LogP contribution < -0.4 is 15.0 Å². The van der Waals surface area contributed by atoms with E-state index in [-0.39, 0.29) is 6.09 Å². The first-order chi connectivity index (χ1) is 16.3. The number of fused-ring (bicyclic) bond motifs is 1. The van der Waals surface area contributed by atoms with E-state index in [4.69, 9.17) is 14.5 Å². The summed E-state index contributed by atoms with van der Waals surface area (Å²) in [6.07, 6.45) is 5.75. The van der Waals surface area contributed by atoms with Gasteiger partial charge in [0.1, 0.15) is 23.2 Å². The van der Waals surface area contributed by atoms with E-state index in [0.29, 0.717) is 30.4 Å². The fourth-order valence-corrected chi connectivity index (χ4v) is 4.13. The summed E-state index contributed by atoms with van der Waals surface area (Å²) < 4.78 is 12.7. The van der Waals surface area contributed by atoms with Crippen molar-refractivity contribution in [3.8, 4) is 22.9 Å². The lowest BCUT2D eigenvalue weighted by Crippen LogP contribution is -2.36. The van der Waals surface area contributed by atoms with E-state index in [1.165, 1.54) is 0 Å². The molecule has 0 unspecified atom stereocenters. The Morgan fingerprint density at radius 3 is 2.82 bits per heavy atom. The number of pyridine rings is 2. The third-order valence-electron chi connectivity index (χ3n) is 5.62. The average molecular weight is 463 g/mol. The van der Waals surface area contributed by atoms with Crippen LogP contribution >= 0.6 is 0 Å². The Labute approximate surface area is 199 Å². The summed E-state index contributed by atoms with van der Waals surface area (Å²) in [7, 11) is 0. The highest BCUT2D eigenvalue weighted by Crippen LogP contribution is 2.32. The quantitative estimate of drug-likeness (QED) is 0.590. The minimum atomic E-state index is -0.504. The predicted octanol–water partition coefficient (Wildman–Crippen LogP) is 4.02. The third-order valence-corrected chi connectivity index (χ3v) is 5.62. The Hall–Kier alpha value is -3.80. The summed E-state index contributed by atoms with van der Waals surface area (Å²) in [4.78, 5) is 18.8. The maximum Gasteiger partial charge on any atom is 0.407 e. The fraction of sp³-hybridized carbons (Fsp3) is 0.440. The zero-order chi connectivity index (χ0) is 24.3. The van der Waals surface area contributed by atoms with Crippen LogP contribution in [-0.4, -0.2) is 52.5 Å². The van der Waals surface area contributed by atoms with Gasteiger partial charge in [0, 0.05) is 37.0 Å². The van der Waals surface area contributed by atoms with Crippen molar-refractivity contribution in [3.05, 3.63) is 42.4 Å². The summed E-state index contributed by atoms with van der Waals surface area (Å²) >= 11 is 0. The molecule has 0 spiro atoms. The number of hydrogen-bond acceptors (Lipinski definition) is 7. The number of nitrogens with one attached hydrogen (secondary N) is 1. The Bertz CT molecular complexity index is 1210. The van der Waals surface area contributed by atoms with Crippen molar-refractivity contribution in [2.45, 2.75) is 39.7 Å². The number of ether oxygens (including phenoxy) is 2. The lowest BCUT2D eigenvalue weighted by atomic mass is 10.1. The van der Waals surface area contributed by atoms with E-state index < -0.39 is 5.60 Å². The molecule has 1 aliphatic rings. The second kappa shape index (κ2) is 9.59. The molecule has 34 heavy (non-hydrogen) atoms. The molecule has 0 saturated carbocycles. The molecule has 0 bridgehead atoms. The fourth-order valence-electron chi connectivity index (χ4n) is 4.13. The molecule has 3 aromatic rings. The highest BCUT2D eigenvalue weighted by molar-refractivity contribution is 5.85. The van der Waals surface area contributed by atoms with Crippen LogP contribution in [0.4, 0.5) is 10.6 Å². The van der Waals surface area contributed by atoms with Gasteiger partial charge < -0.3 is 19.7 Å². The molecular weight excluding hydrogens is 432 g/mol. The molecular formula is C25H30N6O3. The van der Waals surface area contributed by atoms with E-state index in [9.17, 15) is 10.1 Å². The van der Waals surface area contributed by atoms with Gasteiger partial charge in [0.25, 0.3) is 0 Å². The molecule has 0 aromatic carbocycles. The Balaban J connectivity index is 1.47. The molecule has 178 valence electrons. The first kappa shape index (κ1) is 23.4. The molecule has 3 aromatic heterocycles. The molecule has 4 rings (SSSR count). The van der Waals surface area contributed by atoms with Crippen molar-refractivity contribution in [3.63, 3.8) is 0 Å². The van der Waals surface area contributed by atoms with Crippen LogP contribution in [0.5, 0.6) is 5.75 Å². The van der Waals surface area contributed by atoms with Gasteiger partial charge in [-0.2, -0.15) is 10.4 Å². The van der Waals surface area contributed by atoms with Crippen molar-refractivity contribution >= 4 is 17.4 Å². The molecule has 0 radical (unpaired) electrons. The minimum Gasteiger partial charge on any atom is -0.492 e. The molecule has 1 atom stereocenters. The maximum atomic E-state index is 11.9. The Morgan fingerprint density at radius 2 is 2.15 bits per heavy atom. The molecule has 4 heterocycles. The summed E-state index contributed by atoms with van der Waals surface area (Å²) in [5.41, 5.74) is 2.46. The number of rotatable bonds is 6. The van der Waals surface area contributed by atoms with Gasteiger partial charge in [-0.1, -0.05) is 0 Å². The molecule has 1 N–H and O–H groups in total. The van der Waals surface area contributed by atoms with Gasteiger partial charge in [-0.3, -0.25) is 0 Å². The zero-order valence-electron chi connectivity index (χ0n) is 20.0. The van der Waals surface area contributed by atoms with Gasteiger partial charge in [-0.05, 0) is 58.2 Å². The normalized spacial score (nSPS) is 15.9. The van der Waals surface area contributed by atoms with Gasteiger partial charge in [-0.25, -0.2) is 14.3 Å². The van der Waals surface area contributed by atoms with E-state index in [1.807, 2.05) is 52.1 Å². The van der Waals surface area contributed by atoms with Crippen molar-refractivity contribution in [1.29, 1.82) is 5.26 Å². The number of hydrogen-bond donors (Lipinski definition) is 1. The maximum absolute atomic E-state index is 11.9. The number of carbonyl (C=O) groups excluding carboxylic acids is 1. The second-order valence-corrected chi connectivity index (χ2v) is 9.37. The van der Waals surface area contributed by atoms with Crippen molar-refractivity contribution in [2.24, 2.45) is 5.92 Å². The summed E-state index contributed by atoms with van der Waals surface area (Å²) in [5, 5.41) is 16.7. The predicted molar refractivity (Wildman–Crippen MR) is 129 cm³/mol. The largest absolute Gasteiger partial charge is 0.492 e. The van der Waals surface area contributed by atoms with E-state index in [1.54, 1.807) is 16.9 Å². The van der Waals surface area contributed by atoms with Crippen LogP contribution in [0, 0.1) is 17.2 Å². The Morgan fingerprint density at radius 1 is 1.32 bits per heavy atom. The molecule has 9 nitrogen and oxygen atoms in total. The first-order valence-corrected chi connectivity index (χ1v) is 11.5. The average Bonchev–Trinajstić information content (AvgIpc) is 3.43. The van der Waals surface area contributed by atoms with Crippen LogP contribution in [0.2, 0.25) is 0 Å². The van der Waals surface area contributed by atoms with Crippen molar-refractivity contribution in [2.75, 3.05) is 31.1 Å². The van der Waals surface area contributed by atoms with Crippen molar-refractivity contribution < 1.29 is 14.3 Å². The molecule has 1 saturated heterocycles. The monoisotopic (exact) mass is 462 g/mol. The number of nitrogens with zero attached hydrogens (tertiary/aromatic N) is 5. The SMILES string of the molecule is CCOc1cc(-c2ccc(N3CC[C@@H](CNC(=O)OC(C)(C)C)C3)nc2)c2c(C#N)cnn2c1. The van der Waals surface area contributed by atoms with Crippen LogP contribution in [-0.2, 0) is 4.74 Å². The minimum absolute atomic E-state index is 0.335. The molecule has 1 amide bonds. The number of aromatic nitrogens is 3. The van der Waals surface area contributed by atoms with Gasteiger partial charge in [-0.15, -0.1) is 0 Å². The first-order valence-electron chi connectivity index (χ1n) is 11.5. The van der Waals surface area contributed by atoms with E-state index in [0.717, 1.165) is 42.0 Å². The summed E-state index contributed by atoms with van der Waals surface area (Å²) in [6.45, 7) is 10.3. The molecule has 1 aliphatic heterocycles. The smallest absolute Gasteiger partial charge is 0.407 e. The topological polar surface area (TPSA) is 105 Å². The van der Waals surface area contributed by atoms with Gasteiger partial charge in [0.2, 0.25) is 0 Å². The Kier molecular flexibility index (Phi) is 6.59. The second-order valence-electron chi connectivity index (χ2n) is 9.37. The summed E-state index contributed by atoms with van der Waals surface area (Å²) in [5.74, 6) is 1.90. The highest BCUT2D eigenvalue weighted by Gasteiger charge is 2.25. The summed E-state index contributed by atoms with van der Waals surface area (Å²) in [6, 6.07) is 8.14. The number of anilines is 1.